The summed E-state index contributed by atoms with van der Waals surface area (Å²) in [5, 5.41) is 5.84. The first-order valence-electron chi connectivity index (χ1n) is 10.7. The first-order valence-corrected chi connectivity index (χ1v) is 10.7. The molecule has 2 aromatic heterocycles. The predicted octanol–water partition coefficient (Wildman–Crippen LogP) is 1.11. The maximum absolute atomic E-state index is 12.9. The Labute approximate surface area is 181 Å². The molecule has 166 valence electrons. The first kappa shape index (κ1) is 21.2. The quantitative estimate of drug-likeness (QED) is 0.755. The lowest BCUT2D eigenvalue weighted by Gasteiger charge is -2.45. The number of nitrogens with one attached hydrogen (secondary N) is 2. The fraction of sp³-hybridized carbons (Fsp3) is 0.571. The van der Waals surface area contributed by atoms with E-state index < -0.39 is 11.7 Å². The highest BCUT2D eigenvalue weighted by molar-refractivity contribution is 5.81. The van der Waals surface area contributed by atoms with Gasteiger partial charge in [-0.3, -0.25) is 14.8 Å². The van der Waals surface area contributed by atoms with Crippen LogP contribution in [0.2, 0.25) is 0 Å². The molecule has 2 aliphatic rings. The summed E-state index contributed by atoms with van der Waals surface area (Å²) in [5.41, 5.74) is 0.841. The number of carbonyl (C=O) groups is 2. The summed E-state index contributed by atoms with van der Waals surface area (Å²) in [6.07, 6.45) is 7.48. The number of hydrogen-bond donors (Lipinski definition) is 2. The van der Waals surface area contributed by atoms with Crippen molar-refractivity contribution < 1.29 is 14.3 Å². The number of aromatic nitrogens is 4. The molecule has 0 bridgehead atoms. The summed E-state index contributed by atoms with van der Waals surface area (Å²) in [4.78, 5) is 40.1. The average Bonchev–Trinajstić information content (AvgIpc) is 3.23. The van der Waals surface area contributed by atoms with Gasteiger partial charge in [0, 0.05) is 50.6 Å². The third kappa shape index (κ3) is 4.53. The van der Waals surface area contributed by atoms with Gasteiger partial charge in [0.2, 0.25) is 0 Å². The summed E-state index contributed by atoms with van der Waals surface area (Å²) in [5.74, 6) is 0.631. The smallest absolute Gasteiger partial charge is 0.317 e. The number of likely N-dealkylation sites (tertiary alicyclic amines) is 1. The highest BCUT2D eigenvalue weighted by Gasteiger charge is 2.47. The summed E-state index contributed by atoms with van der Waals surface area (Å²) in [6.45, 7) is 7.52. The van der Waals surface area contributed by atoms with Gasteiger partial charge in [-0.2, -0.15) is 0 Å². The molecule has 2 N–H and O–H groups in total. The molecule has 0 aromatic carbocycles. The molecule has 2 aromatic rings. The maximum atomic E-state index is 12.9. The van der Waals surface area contributed by atoms with Gasteiger partial charge in [-0.1, -0.05) is 0 Å². The number of aryl methyl sites for hydroxylation is 1. The fourth-order valence-corrected chi connectivity index (χ4v) is 4.09. The van der Waals surface area contributed by atoms with Gasteiger partial charge < -0.3 is 24.8 Å². The SMILES string of the molecule is Cc1cnc(CNC(=O)C2Cn3ccnc3C3(CCN(C(=O)NC(C)C)CC3)O2)cn1. The third-order valence-electron chi connectivity index (χ3n) is 5.69. The second-order valence-corrected chi connectivity index (χ2v) is 8.46. The lowest BCUT2D eigenvalue weighted by molar-refractivity contribution is -0.172. The Bertz CT molecular complexity index is 933. The van der Waals surface area contributed by atoms with Crippen molar-refractivity contribution in [3.63, 3.8) is 0 Å². The van der Waals surface area contributed by atoms with E-state index in [2.05, 4.69) is 25.6 Å². The molecule has 1 atom stereocenters. The number of nitrogens with zero attached hydrogens (tertiary/aromatic N) is 5. The summed E-state index contributed by atoms with van der Waals surface area (Å²) >= 11 is 0. The van der Waals surface area contributed by atoms with Gasteiger partial charge in [0.05, 0.1) is 30.7 Å². The van der Waals surface area contributed by atoms with Crippen LogP contribution in [0.15, 0.2) is 24.8 Å². The van der Waals surface area contributed by atoms with Crippen LogP contribution in [0, 0.1) is 6.92 Å². The van der Waals surface area contributed by atoms with Crippen molar-refractivity contribution in [3.8, 4) is 0 Å². The standard InChI is InChI=1S/C21H29N7O3/c1-14(2)26-20(30)27-7-4-21(5-8-27)19-22-6-9-28(19)13-17(31-21)18(29)25-12-16-11-23-15(3)10-24-16/h6,9-11,14,17H,4-5,7-8,12-13H2,1-3H3,(H,25,29)(H,26,30). The Hall–Kier alpha value is -3.01. The summed E-state index contributed by atoms with van der Waals surface area (Å²) < 4.78 is 8.38. The molecule has 4 rings (SSSR count). The number of carbonyl (C=O) groups excluding carboxylic acids is 2. The molecule has 1 unspecified atom stereocenters. The van der Waals surface area contributed by atoms with Crippen LogP contribution in [0.3, 0.4) is 0 Å². The van der Waals surface area contributed by atoms with E-state index in [9.17, 15) is 9.59 Å². The van der Waals surface area contributed by atoms with Crippen molar-refractivity contribution in [3.05, 3.63) is 42.0 Å². The highest BCUT2D eigenvalue weighted by atomic mass is 16.5. The molecule has 3 amide bonds. The van der Waals surface area contributed by atoms with Crippen LogP contribution in [0.1, 0.15) is 43.9 Å². The number of fused-ring (bicyclic) bond motifs is 2. The second kappa shape index (κ2) is 8.62. The number of rotatable bonds is 4. The van der Waals surface area contributed by atoms with E-state index in [0.29, 0.717) is 44.7 Å². The zero-order chi connectivity index (χ0) is 22.0. The summed E-state index contributed by atoms with van der Waals surface area (Å²) in [7, 11) is 0. The van der Waals surface area contributed by atoms with Crippen LogP contribution >= 0.6 is 0 Å². The Balaban J connectivity index is 1.43. The van der Waals surface area contributed by atoms with Crippen LogP contribution in [0.5, 0.6) is 0 Å². The van der Waals surface area contributed by atoms with Crippen LogP contribution in [0.25, 0.3) is 0 Å². The molecule has 2 aliphatic heterocycles. The molecule has 1 saturated heterocycles. The molecule has 0 radical (unpaired) electrons. The predicted molar refractivity (Wildman–Crippen MR) is 112 cm³/mol. The molecular formula is C21H29N7O3. The monoisotopic (exact) mass is 427 g/mol. The molecule has 10 heteroatoms. The Morgan fingerprint density at radius 3 is 2.68 bits per heavy atom. The van der Waals surface area contributed by atoms with Crippen molar-refractivity contribution in [1.29, 1.82) is 0 Å². The largest absolute Gasteiger partial charge is 0.352 e. The van der Waals surface area contributed by atoms with Crippen molar-refractivity contribution in [1.82, 2.24) is 35.1 Å². The molecule has 0 saturated carbocycles. The Morgan fingerprint density at radius 1 is 1.23 bits per heavy atom. The minimum Gasteiger partial charge on any atom is -0.352 e. The van der Waals surface area contributed by atoms with Gasteiger partial charge >= 0.3 is 6.03 Å². The van der Waals surface area contributed by atoms with E-state index >= 15 is 0 Å². The van der Waals surface area contributed by atoms with Gasteiger partial charge in [-0.05, 0) is 20.8 Å². The number of hydrogen-bond acceptors (Lipinski definition) is 6. The van der Waals surface area contributed by atoms with Gasteiger partial charge in [0.1, 0.15) is 11.4 Å². The van der Waals surface area contributed by atoms with E-state index in [-0.39, 0.29) is 18.0 Å². The van der Waals surface area contributed by atoms with Crippen LogP contribution in [0.4, 0.5) is 4.79 Å². The Kier molecular flexibility index (Phi) is 5.90. The molecule has 31 heavy (non-hydrogen) atoms. The van der Waals surface area contributed by atoms with E-state index in [1.165, 1.54) is 0 Å². The lowest BCUT2D eigenvalue weighted by atomic mass is 9.88. The van der Waals surface area contributed by atoms with Crippen LogP contribution in [-0.4, -0.2) is 61.6 Å². The zero-order valence-corrected chi connectivity index (χ0v) is 18.2. The molecule has 4 heterocycles. The second-order valence-electron chi connectivity index (χ2n) is 8.46. The molecule has 10 nitrogen and oxygen atoms in total. The van der Waals surface area contributed by atoms with Gasteiger partial charge in [0.15, 0.2) is 6.10 Å². The topological polar surface area (TPSA) is 114 Å². The lowest BCUT2D eigenvalue weighted by Crippen LogP contribution is -2.56. The number of amides is 3. The normalized spacial score (nSPS) is 19.9. The molecule has 1 fully saturated rings. The number of urea groups is 1. The molecule has 1 spiro atoms. The summed E-state index contributed by atoms with van der Waals surface area (Å²) in [6, 6.07) is 0.0111. The fourth-order valence-electron chi connectivity index (χ4n) is 4.09. The number of piperidine rings is 1. The van der Waals surface area contributed by atoms with Gasteiger partial charge in [-0.15, -0.1) is 0 Å². The first-order chi connectivity index (χ1) is 14.9. The number of imidazole rings is 1. The van der Waals surface area contributed by atoms with E-state index in [0.717, 1.165) is 11.5 Å². The van der Waals surface area contributed by atoms with Crippen LogP contribution < -0.4 is 10.6 Å². The van der Waals surface area contributed by atoms with Crippen molar-refractivity contribution in [2.24, 2.45) is 0 Å². The molecule has 0 aliphatic carbocycles. The van der Waals surface area contributed by atoms with E-state index in [1.54, 1.807) is 23.5 Å². The minimum absolute atomic E-state index is 0.0718. The average molecular weight is 428 g/mol. The van der Waals surface area contributed by atoms with Crippen molar-refractivity contribution in [2.75, 3.05) is 13.1 Å². The van der Waals surface area contributed by atoms with E-state index in [4.69, 9.17) is 4.74 Å². The van der Waals surface area contributed by atoms with Gasteiger partial charge in [0.25, 0.3) is 5.91 Å². The highest BCUT2D eigenvalue weighted by Crippen LogP contribution is 2.40. The third-order valence-corrected chi connectivity index (χ3v) is 5.69. The van der Waals surface area contributed by atoms with E-state index in [1.807, 2.05) is 31.5 Å². The van der Waals surface area contributed by atoms with Crippen molar-refractivity contribution >= 4 is 11.9 Å². The van der Waals surface area contributed by atoms with Crippen molar-refractivity contribution in [2.45, 2.75) is 64.4 Å². The zero-order valence-electron chi connectivity index (χ0n) is 18.2. The minimum atomic E-state index is -0.679. The van der Waals surface area contributed by atoms with Crippen LogP contribution in [-0.2, 0) is 28.2 Å². The Morgan fingerprint density at radius 2 is 2.00 bits per heavy atom. The van der Waals surface area contributed by atoms with Gasteiger partial charge in [-0.25, -0.2) is 9.78 Å². The maximum Gasteiger partial charge on any atom is 0.317 e. The molecular weight excluding hydrogens is 398 g/mol. The number of ether oxygens (including phenoxy) is 1.